The highest BCUT2D eigenvalue weighted by Gasteiger charge is 2.17. The van der Waals surface area contributed by atoms with Crippen LogP contribution in [-0.2, 0) is 0 Å². The molecule has 0 aromatic heterocycles. The monoisotopic (exact) mass is 267 g/mol. The number of benzene rings is 1. The average Bonchev–Trinajstić information content (AvgIpc) is 2.39. The summed E-state index contributed by atoms with van der Waals surface area (Å²) >= 11 is 1.89. The molecule has 2 atom stereocenters. The van der Waals surface area contributed by atoms with Crippen molar-refractivity contribution in [2.24, 2.45) is 5.92 Å². The van der Waals surface area contributed by atoms with E-state index in [1.54, 1.807) is 0 Å². The first kappa shape index (κ1) is 15.5. The highest BCUT2D eigenvalue weighted by atomic mass is 32.2. The van der Waals surface area contributed by atoms with E-state index in [0.717, 1.165) is 18.7 Å². The second-order valence-electron chi connectivity index (χ2n) is 4.94. The van der Waals surface area contributed by atoms with E-state index in [4.69, 9.17) is 0 Å². The topological polar surface area (TPSA) is 23.5 Å². The van der Waals surface area contributed by atoms with Crippen molar-refractivity contribution in [2.75, 3.05) is 32.1 Å². The molecule has 3 heteroatoms. The van der Waals surface area contributed by atoms with Gasteiger partial charge in [0.15, 0.2) is 0 Å². The Morgan fingerprint density at radius 1 is 1.28 bits per heavy atom. The molecule has 0 aliphatic carbocycles. The number of nitrogens with zero attached hydrogens (tertiary/aromatic N) is 1. The van der Waals surface area contributed by atoms with E-state index in [1.165, 1.54) is 12.2 Å². The highest BCUT2D eigenvalue weighted by Crippen LogP contribution is 2.22. The first-order chi connectivity index (χ1) is 8.65. The number of aliphatic hydroxyl groups excluding tert-OH is 1. The van der Waals surface area contributed by atoms with Crippen LogP contribution in [0.15, 0.2) is 30.3 Å². The van der Waals surface area contributed by atoms with Gasteiger partial charge in [-0.3, -0.25) is 0 Å². The summed E-state index contributed by atoms with van der Waals surface area (Å²) in [7, 11) is 2.13. The summed E-state index contributed by atoms with van der Waals surface area (Å²) in [5.41, 5.74) is 1.02. The molecule has 102 valence electrons. The van der Waals surface area contributed by atoms with Crippen LogP contribution in [-0.4, -0.2) is 42.2 Å². The van der Waals surface area contributed by atoms with Crippen molar-refractivity contribution in [2.45, 2.75) is 19.4 Å². The Morgan fingerprint density at radius 2 is 1.94 bits per heavy atom. The standard InChI is InChI=1S/C15H25NOS/c1-13(12-16(2)10-7-11-18-3)15(17)14-8-5-4-6-9-14/h4-6,8-9,13,15,17H,7,10-12H2,1-3H3. The Bertz CT molecular complexity index is 318. The van der Waals surface area contributed by atoms with Crippen molar-refractivity contribution < 1.29 is 5.11 Å². The molecular formula is C15H25NOS. The van der Waals surface area contributed by atoms with E-state index < -0.39 is 0 Å². The summed E-state index contributed by atoms with van der Waals surface area (Å²) in [6.45, 7) is 4.15. The maximum absolute atomic E-state index is 10.3. The molecule has 0 aliphatic rings. The first-order valence-corrected chi connectivity index (χ1v) is 7.95. The van der Waals surface area contributed by atoms with Crippen molar-refractivity contribution in [3.63, 3.8) is 0 Å². The molecule has 2 nitrogen and oxygen atoms in total. The summed E-state index contributed by atoms with van der Waals surface area (Å²) in [6.07, 6.45) is 2.99. The Balaban J connectivity index is 2.37. The summed E-state index contributed by atoms with van der Waals surface area (Å²) in [5.74, 6) is 1.46. The molecule has 0 heterocycles. The molecule has 18 heavy (non-hydrogen) atoms. The van der Waals surface area contributed by atoms with E-state index >= 15 is 0 Å². The van der Waals surface area contributed by atoms with Crippen LogP contribution in [0.1, 0.15) is 25.0 Å². The Kier molecular flexibility index (Phi) is 7.40. The number of aliphatic hydroxyl groups is 1. The lowest BCUT2D eigenvalue weighted by atomic mass is 9.97. The van der Waals surface area contributed by atoms with E-state index in [2.05, 4.69) is 25.1 Å². The van der Waals surface area contributed by atoms with Gasteiger partial charge < -0.3 is 10.0 Å². The van der Waals surface area contributed by atoms with Gasteiger partial charge in [-0.2, -0.15) is 11.8 Å². The number of hydrogen-bond donors (Lipinski definition) is 1. The zero-order chi connectivity index (χ0) is 13.4. The molecule has 1 N–H and O–H groups in total. The molecule has 0 fully saturated rings. The van der Waals surface area contributed by atoms with E-state index in [0.29, 0.717) is 0 Å². The molecule has 0 bridgehead atoms. The lowest BCUT2D eigenvalue weighted by Crippen LogP contribution is -2.28. The summed E-state index contributed by atoms with van der Waals surface area (Å²) in [5, 5.41) is 10.3. The minimum absolute atomic E-state index is 0.256. The van der Waals surface area contributed by atoms with Crippen molar-refractivity contribution in [1.82, 2.24) is 4.90 Å². The molecule has 1 aromatic carbocycles. The van der Waals surface area contributed by atoms with E-state index in [-0.39, 0.29) is 12.0 Å². The molecule has 0 radical (unpaired) electrons. The Hall–Kier alpha value is -0.510. The molecule has 1 rings (SSSR count). The highest BCUT2D eigenvalue weighted by molar-refractivity contribution is 7.98. The van der Waals surface area contributed by atoms with Gasteiger partial charge in [0.25, 0.3) is 0 Å². The lowest BCUT2D eigenvalue weighted by Gasteiger charge is -2.25. The van der Waals surface area contributed by atoms with Crippen LogP contribution < -0.4 is 0 Å². The Labute approximate surface area is 115 Å². The van der Waals surface area contributed by atoms with Crippen molar-refractivity contribution in [1.29, 1.82) is 0 Å². The van der Waals surface area contributed by atoms with Crippen molar-refractivity contribution in [3.8, 4) is 0 Å². The minimum atomic E-state index is -0.366. The van der Waals surface area contributed by atoms with Crippen molar-refractivity contribution in [3.05, 3.63) is 35.9 Å². The maximum atomic E-state index is 10.3. The van der Waals surface area contributed by atoms with Crippen LogP contribution in [0.25, 0.3) is 0 Å². The van der Waals surface area contributed by atoms with Gasteiger partial charge >= 0.3 is 0 Å². The number of rotatable bonds is 8. The Morgan fingerprint density at radius 3 is 2.56 bits per heavy atom. The fourth-order valence-electron chi connectivity index (χ4n) is 2.14. The van der Waals surface area contributed by atoms with Gasteiger partial charge in [-0.25, -0.2) is 0 Å². The molecule has 0 saturated carbocycles. The van der Waals surface area contributed by atoms with Gasteiger partial charge in [-0.1, -0.05) is 37.3 Å². The average molecular weight is 267 g/mol. The van der Waals surface area contributed by atoms with Crippen LogP contribution in [0, 0.1) is 5.92 Å². The fraction of sp³-hybridized carbons (Fsp3) is 0.600. The molecule has 0 spiro atoms. The number of hydrogen-bond acceptors (Lipinski definition) is 3. The zero-order valence-corrected chi connectivity index (χ0v) is 12.5. The van der Waals surface area contributed by atoms with E-state index in [1.807, 2.05) is 42.1 Å². The quantitative estimate of drug-likeness (QED) is 0.732. The lowest BCUT2D eigenvalue weighted by molar-refractivity contribution is 0.0950. The van der Waals surface area contributed by atoms with Crippen LogP contribution in [0.2, 0.25) is 0 Å². The summed E-state index contributed by atoms with van der Waals surface area (Å²) in [4.78, 5) is 2.31. The predicted octanol–water partition coefficient (Wildman–Crippen LogP) is 3.04. The van der Waals surface area contributed by atoms with Gasteiger partial charge in [0.2, 0.25) is 0 Å². The van der Waals surface area contributed by atoms with Gasteiger partial charge in [-0.05, 0) is 43.5 Å². The van der Waals surface area contributed by atoms with Crippen LogP contribution in [0.5, 0.6) is 0 Å². The SMILES string of the molecule is CSCCCN(C)CC(C)C(O)c1ccccc1. The van der Waals surface area contributed by atoms with E-state index in [9.17, 15) is 5.11 Å². The molecule has 0 aliphatic heterocycles. The molecule has 0 saturated heterocycles. The third-order valence-electron chi connectivity index (χ3n) is 3.17. The van der Waals surface area contributed by atoms with Gasteiger partial charge in [0, 0.05) is 6.54 Å². The smallest absolute Gasteiger partial charge is 0.0827 e. The fourth-order valence-corrected chi connectivity index (χ4v) is 2.56. The summed E-state index contributed by atoms with van der Waals surface area (Å²) < 4.78 is 0. The van der Waals surface area contributed by atoms with Gasteiger partial charge in [-0.15, -0.1) is 0 Å². The molecule has 2 unspecified atom stereocenters. The minimum Gasteiger partial charge on any atom is -0.388 e. The second kappa shape index (κ2) is 8.57. The van der Waals surface area contributed by atoms with Crippen molar-refractivity contribution >= 4 is 11.8 Å². The molecule has 1 aromatic rings. The largest absolute Gasteiger partial charge is 0.388 e. The third kappa shape index (κ3) is 5.42. The predicted molar refractivity (Wildman–Crippen MR) is 81.1 cm³/mol. The normalized spacial score (nSPS) is 14.7. The van der Waals surface area contributed by atoms with Crippen LogP contribution in [0.3, 0.4) is 0 Å². The zero-order valence-electron chi connectivity index (χ0n) is 11.7. The maximum Gasteiger partial charge on any atom is 0.0827 e. The van der Waals surface area contributed by atoms with Crippen LogP contribution >= 0.6 is 11.8 Å². The molecule has 0 amide bonds. The van der Waals surface area contributed by atoms with Crippen LogP contribution in [0.4, 0.5) is 0 Å². The first-order valence-electron chi connectivity index (χ1n) is 6.55. The summed E-state index contributed by atoms with van der Waals surface area (Å²) in [6, 6.07) is 9.93. The van der Waals surface area contributed by atoms with Gasteiger partial charge in [0.1, 0.15) is 0 Å². The third-order valence-corrected chi connectivity index (χ3v) is 3.86. The second-order valence-corrected chi connectivity index (χ2v) is 5.93. The van der Waals surface area contributed by atoms with Gasteiger partial charge in [0.05, 0.1) is 6.10 Å². The molecular weight excluding hydrogens is 242 g/mol. The number of thioether (sulfide) groups is 1.